The molecule has 1 aliphatic rings. The summed E-state index contributed by atoms with van der Waals surface area (Å²) >= 11 is 0. The lowest BCUT2D eigenvalue weighted by atomic mass is 10.1. The minimum Gasteiger partial charge on any atom is -0.490 e. The van der Waals surface area contributed by atoms with E-state index >= 15 is 0 Å². The Hall–Kier alpha value is -2.10. The maximum absolute atomic E-state index is 5.91. The summed E-state index contributed by atoms with van der Waals surface area (Å²) in [5.74, 6) is 3.20. The van der Waals surface area contributed by atoms with Crippen LogP contribution in [0, 0.1) is 0 Å². The van der Waals surface area contributed by atoms with Crippen molar-refractivity contribution in [2.75, 3.05) is 12.4 Å². The second-order valence-electron chi connectivity index (χ2n) is 5.68. The van der Waals surface area contributed by atoms with Crippen LogP contribution in [0.1, 0.15) is 38.4 Å². The first-order chi connectivity index (χ1) is 10.2. The van der Waals surface area contributed by atoms with Crippen LogP contribution in [0.2, 0.25) is 0 Å². The Morgan fingerprint density at radius 1 is 1.19 bits per heavy atom. The fraction of sp³-hybridized carbons (Fsp3) is 0.412. The van der Waals surface area contributed by atoms with Crippen LogP contribution in [0.4, 0.5) is 5.82 Å². The van der Waals surface area contributed by atoms with Crippen LogP contribution in [0.15, 0.2) is 30.3 Å². The van der Waals surface area contributed by atoms with Crippen molar-refractivity contribution in [3.05, 3.63) is 36.2 Å². The second kappa shape index (κ2) is 5.72. The highest BCUT2D eigenvalue weighted by molar-refractivity contribution is 5.69. The standard InChI is InChI=1S/C17H21N3O/c1-11(2)21-15-7-5-4-6-13(15)14-10-16(18-3)20-17(19-14)12-8-9-12/h4-7,10-12H,8-9H2,1-3H3,(H,18,19,20). The van der Waals surface area contributed by atoms with E-state index in [9.17, 15) is 0 Å². The van der Waals surface area contributed by atoms with Crippen molar-refractivity contribution in [3.63, 3.8) is 0 Å². The highest BCUT2D eigenvalue weighted by Crippen LogP contribution is 2.40. The van der Waals surface area contributed by atoms with Gasteiger partial charge >= 0.3 is 0 Å². The zero-order chi connectivity index (χ0) is 14.8. The second-order valence-corrected chi connectivity index (χ2v) is 5.68. The van der Waals surface area contributed by atoms with Crippen molar-refractivity contribution in [3.8, 4) is 17.0 Å². The van der Waals surface area contributed by atoms with Gasteiger partial charge in [-0.2, -0.15) is 0 Å². The van der Waals surface area contributed by atoms with Crippen LogP contribution in [-0.4, -0.2) is 23.1 Å². The van der Waals surface area contributed by atoms with E-state index in [2.05, 4.69) is 16.4 Å². The third-order valence-corrected chi connectivity index (χ3v) is 3.47. The number of hydrogen-bond donors (Lipinski definition) is 1. The molecule has 3 rings (SSSR count). The van der Waals surface area contributed by atoms with Gasteiger partial charge in [0.2, 0.25) is 0 Å². The Morgan fingerprint density at radius 3 is 2.62 bits per heavy atom. The van der Waals surface area contributed by atoms with Crippen molar-refractivity contribution >= 4 is 5.82 Å². The van der Waals surface area contributed by atoms with Gasteiger partial charge in [0.1, 0.15) is 17.4 Å². The molecule has 110 valence electrons. The van der Waals surface area contributed by atoms with E-state index < -0.39 is 0 Å². The summed E-state index contributed by atoms with van der Waals surface area (Å²) in [4.78, 5) is 9.32. The molecule has 0 saturated heterocycles. The molecule has 1 aliphatic carbocycles. The molecule has 0 unspecified atom stereocenters. The zero-order valence-corrected chi connectivity index (χ0v) is 12.8. The van der Waals surface area contributed by atoms with Crippen LogP contribution in [0.5, 0.6) is 5.75 Å². The van der Waals surface area contributed by atoms with Crippen LogP contribution < -0.4 is 10.1 Å². The van der Waals surface area contributed by atoms with Gasteiger partial charge in [-0.05, 0) is 38.8 Å². The number of para-hydroxylation sites is 1. The Kier molecular flexibility index (Phi) is 3.78. The molecule has 1 heterocycles. The fourth-order valence-corrected chi connectivity index (χ4v) is 2.29. The molecule has 2 aromatic rings. The minimum atomic E-state index is 0.139. The molecule has 1 aromatic heterocycles. The van der Waals surface area contributed by atoms with Crippen molar-refractivity contribution in [2.24, 2.45) is 0 Å². The van der Waals surface area contributed by atoms with Crippen molar-refractivity contribution in [1.29, 1.82) is 0 Å². The van der Waals surface area contributed by atoms with Crippen LogP contribution in [-0.2, 0) is 0 Å². The lowest BCUT2D eigenvalue weighted by molar-refractivity contribution is 0.243. The molecule has 0 spiro atoms. The Bertz CT molecular complexity index is 636. The quantitative estimate of drug-likeness (QED) is 0.905. The normalized spacial score (nSPS) is 14.3. The van der Waals surface area contributed by atoms with Gasteiger partial charge in [0.15, 0.2) is 0 Å². The van der Waals surface area contributed by atoms with Gasteiger partial charge in [0.25, 0.3) is 0 Å². The zero-order valence-electron chi connectivity index (χ0n) is 12.8. The smallest absolute Gasteiger partial charge is 0.134 e. The van der Waals surface area contributed by atoms with E-state index in [1.165, 1.54) is 12.8 Å². The average Bonchev–Trinajstić information content (AvgIpc) is 3.31. The average molecular weight is 283 g/mol. The van der Waals surface area contributed by atoms with Crippen molar-refractivity contribution in [2.45, 2.75) is 38.7 Å². The molecule has 0 amide bonds. The number of hydrogen-bond acceptors (Lipinski definition) is 4. The van der Waals surface area contributed by atoms with Crippen LogP contribution in [0.3, 0.4) is 0 Å². The van der Waals surface area contributed by atoms with E-state index in [0.717, 1.165) is 28.6 Å². The molecule has 1 fully saturated rings. The van der Waals surface area contributed by atoms with E-state index in [0.29, 0.717) is 5.92 Å². The molecular weight excluding hydrogens is 262 g/mol. The van der Waals surface area contributed by atoms with Gasteiger partial charge in [0, 0.05) is 24.6 Å². The van der Waals surface area contributed by atoms with Crippen molar-refractivity contribution < 1.29 is 4.74 Å². The molecule has 4 heteroatoms. The summed E-state index contributed by atoms with van der Waals surface area (Å²) in [7, 11) is 1.89. The van der Waals surface area contributed by atoms with Gasteiger partial charge in [-0.3, -0.25) is 0 Å². The van der Waals surface area contributed by atoms with Gasteiger partial charge in [-0.1, -0.05) is 12.1 Å². The van der Waals surface area contributed by atoms with Crippen LogP contribution >= 0.6 is 0 Å². The lowest BCUT2D eigenvalue weighted by Gasteiger charge is -2.15. The van der Waals surface area contributed by atoms with E-state index in [-0.39, 0.29) is 6.10 Å². The van der Waals surface area contributed by atoms with E-state index in [1.54, 1.807) is 0 Å². The number of ether oxygens (including phenoxy) is 1. The molecule has 4 nitrogen and oxygen atoms in total. The van der Waals surface area contributed by atoms with E-state index in [4.69, 9.17) is 9.72 Å². The first kappa shape index (κ1) is 13.9. The third-order valence-electron chi connectivity index (χ3n) is 3.47. The van der Waals surface area contributed by atoms with E-state index in [1.807, 2.05) is 45.2 Å². The maximum atomic E-state index is 5.91. The summed E-state index contributed by atoms with van der Waals surface area (Å²) in [5, 5.41) is 3.13. The number of benzene rings is 1. The van der Waals surface area contributed by atoms with Gasteiger partial charge in [-0.15, -0.1) is 0 Å². The number of aromatic nitrogens is 2. The monoisotopic (exact) mass is 283 g/mol. The summed E-state index contributed by atoms with van der Waals surface area (Å²) in [6.07, 6.45) is 2.52. The Morgan fingerprint density at radius 2 is 1.95 bits per heavy atom. The van der Waals surface area contributed by atoms with Crippen molar-refractivity contribution in [1.82, 2.24) is 9.97 Å². The minimum absolute atomic E-state index is 0.139. The summed E-state index contributed by atoms with van der Waals surface area (Å²) in [6, 6.07) is 10.0. The third kappa shape index (κ3) is 3.15. The molecule has 1 N–H and O–H groups in total. The maximum Gasteiger partial charge on any atom is 0.134 e. The summed E-state index contributed by atoms with van der Waals surface area (Å²) in [5.41, 5.74) is 1.94. The molecule has 21 heavy (non-hydrogen) atoms. The lowest BCUT2D eigenvalue weighted by Crippen LogP contribution is -2.07. The molecule has 1 aromatic carbocycles. The molecule has 0 bridgehead atoms. The molecular formula is C17H21N3O. The number of nitrogens with zero attached hydrogens (tertiary/aromatic N) is 2. The topological polar surface area (TPSA) is 47.0 Å². The van der Waals surface area contributed by atoms with Crippen LogP contribution in [0.25, 0.3) is 11.3 Å². The summed E-state index contributed by atoms with van der Waals surface area (Å²) in [6.45, 7) is 4.07. The summed E-state index contributed by atoms with van der Waals surface area (Å²) < 4.78 is 5.91. The first-order valence-corrected chi connectivity index (χ1v) is 7.50. The molecule has 0 aliphatic heterocycles. The predicted molar refractivity (Wildman–Crippen MR) is 84.8 cm³/mol. The van der Waals surface area contributed by atoms with Gasteiger partial charge in [0.05, 0.1) is 11.8 Å². The van der Waals surface area contributed by atoms with Gasteiger partial charge in [-0.25, -0.2) is 9.97 Å². The predicted octanol–water partition coefficient (Wildman–Crippen LogP) is 3.85. The Labute approximate surface area is 125 Å². The number of anilines is 1. The van der Waals surface area contributed by atoms with Gasteiger partial charge < -0.3 is 10.1 Å². The highest BCUT2D eigenvalue weighted by Gasteiger charge is 2.27. The fourth-order valence-electron chi connectivity index (χ4n) is 2.29. The highest BCUT2D eigenvalue weighted by atomic mass is 16.5. The number of rotatable bonds is 5. The SMILES string of the molecule is CNc1cc(-c2ccccc2OC(C)C)nc(C2CC2)n1. The first-order valence-electron chi connectivity index (χ1n) is 7.50. The number of nitrogens with one attached hydrogen (secondary N) is 1. The molecule has 0 atom stereocenters. The molecule has 0 radical (unpaired) electrons. The Balaban J connectivity index is 2.05. The largest absolute Gasteiger partial charge is 0.490 e. The molecule has 1 saturated carbocycles.